The van der Waals surface area contributed by atoms with E-state index in [1.165, 1.54) is 12.3 Å². The Bertz CT molecular complexity index is 397. The van der Waals surface area contributed by atoms with Crippen molar-refractivity contribution >= 4 is 0 Å². The maximum absolute atomic E-state index is 13.0. The molecule has 1 aromatic heterocycles. The third-order valence-corrected chi connectivity index (χ3v) is 3.78. The van der Waals surface area contributed by atoms with Gasteiger partial charge in [0.15, 0.2) is 0 Å². The van der Waals surface area contributed by atoms with Crippen molar-refractivity contribution in [1.29, 1.82) is 0 Å². The molecule has 0 amide bonds. The summed E-state index contributed by atoms with van der Waals surface area (Å²) in [6, 6.07) is 3.78. The van der Waals surface area contributed by atoms with Gasteiger partial charge in [0.05, 0.1) is 24.5 Å². The Morgan fingerprint density at radius 3 is 2.52 bits per heavy atom. The Hall–Kier alpha value is -1.04. The van der Waals surface area contributed by atoms with Crippen LogP contribution in [0.25, 0.3) is 0 Å². The number of pyridine rings is 1. The zero-order valence-electron chi connectivity index (χ0n) is 13.8. The molecule has 0 aromatic carbocycles. The molecule has 0 aliphatic carbocycles. The molecule has 0 aliphatic heterocycles. The summed E-state index contributed by atoms with van der Waals surface area (Å²) < 4.78 is 18.2. The van der Waals surface area contributed by atoms with Crippen LogP contribution < -0.4 is 5.32 Å². The van der Waals surface area contributed by atoms with E-state index < -0.39 is 0 Å². The molecule has 0 spiro atoms. The standard InChI is InChI=1S/C16H28FN3O/c1-12(2)20(8-9-21-5)11-13(3)16(18-4)15-7-6-14(17)10-19-15/h6-7,10,12-13,16,18H,8-9,11H2,1-5H3. The molecular weight excluding hydrogens is 269 g/mol. The van der Waals surface area contributed by atoms with Gasteiger partial charge in [-0.2, -0.15) is 0 Å². The molecule has 1 heterocycles. The molecule has 2 atom stereocenters. The fourth-order valence-corrected chi connectivity index (χ4v) is 2.54. The monoisotopic (exact) mass is 297 g/mol. The number of aromatic nitrogens is 1. The van der Waals surface area contributed by atoms with Crippen molar-refractivity contribution in [3.05, 3.63) is 29.8 Å². The van der Waals surface area contributed by atoms with E-state index in [0.717, 1.165) is 25.4 Å². The first-order valence-electron chi connectivity index (χ1n) is 7.51. The summed E-state index contributed by atoms with van der Waals surface area (Å²) in [5, 5.41) is 3.30. The lowest BCUT2D eigenvalue weighted by Crippen LogP contribution is -2.40. The topological polar surface area (TPSA) is 37.4 Å². The van der Waals surface area contributed by atoms with Crippen LogP contribution in [0, 0.1) is 11.7 Å². The van der Waals surface area contributed by atoms with Crippen LogP contribution in [-0.4, -0.2) is 49.8 Å². The molecule has 0 saturated heterocycles. The predicted molar refractivity (Wildman–Crippen MR) is 83.7 cm³/mol. The summed E-state index contributed by atoms with van der Waals surface area (Å²) >= 11 is 0. The third kappa shape index (κ3) is 5.69. The second-order valence-electron chi connectivity index (χ2n) is 5.73. The van der Waals surface area contributed by atoms with Crippen LogP contribution in [0.3, 0.4) is 0 Å². The van der Waals surface area contributed by atoms with E-state index in [4.69, 9.17) is 4.74 Å². The van der Waals surface area contributed by atoms with Gasteiger partial charge in [0.1, 0.15) is 5.82 Å². The number of hydrogen-bond donors (Lipinski definition) is 1. The minimum atomic E-state index is -0.301. The van der Waals surface area contributed by atoms with Crippen LogP contribution in [0.4, 0.5) is 4.39 Å². The molecule has 120 valence electrons. The Kier molecular flexibility index (Phi) is 7.78. The van der Waals surface area contributed by atoms with Crippen molar-refractivity contribution in [1.82, 2.24) is 15.2 Å². The number of nitrogens with zero attached hydrogens (tertiary/aromatic N) is 2. The van der Waals surface area contributed by atoms with Gasteiger partial charge in [0.25, 0.3) is 0 Å². The lowest BCUT2D eigenvalue weighted by Gasteiger charge is -2.32. The Morgan fingerprint density at radius 1 is 1.33 bits per heavy atom. The first-order chi connectivity index (χ1) is 9.99. The lowest BCUT2D eigenvalue weighted by atomic mass is 9.97. The van der Waals surface area contributed by atoms with E-state index in [9.17, 15) is 4.39 Å². The fourth-order valence-electron chi connectivity index (χ4n) is 2.54. The van der Waals surface area contributed by atoms with Gasteiger partial charge >= 0.3 is 0 Å². The van der Waals surface area contributed by atoms with Crippen LogP contribution >= 0.6 is 0 Å². The largest absolute Gasteiger partial charge is 0.383 e. The van der Waals surface area contributed by atoms with Gasteiger partial charge in [-0.25, -0.2) is 4.39 Å². The quantitative estimate of drug-likeness (QED) is 0.760. The van der Waals surface area contributed by atoms with Crippen molar-refractivity contribution in [3.63, 3.8) is 0 Å². The SMILES string of the molecule is CNC(c1ccc(F)cn1)C(C)CN(CCOC)C(C)C. The van der Waals surface area contributed by atoms with E-state index in [2.05, 4.69) is 36.0 Å². The molecule has 0 saturated carbocycles. The van der Waals surface area contributed by atoms with Gasteiger partial charge in [-0.05, 0) is 38.9 Å². The molecule has 1 aromatic rings. The van der Waals surface area contributed by atoms with E-state index in [-0.39, 0.29) is 11.9 Å². The number of methoxy groups -OCH3 is 1. The second-order valence-corrected chi connectivity index (χ2v) is 5.73. The first kappa shape index (κ1) is 18.0. The molecular formula is C16H28FN3O. The highest BCUT2D eigenvalue weighted by molar-refractivity contribution is 5.11. The summed E-state index contributed by atoms with van der Waals surface area (Å²) in [5.74, 6) is 0.0531. The molecule has 0 aliphatic rings. The normalized spacial score (nSPS) is 14.7. The van der Waals surface area contributed by atoms with E-state index in [0.29, 0.717) is 12.0 Å². The molecule has 4 nitrogen and oxygen atoms in total. The summed E-state index contributed by atoms with van der Waals surface area (Å²) in [4.78, 5) is 6.60. The zero-order chi connectivity index (χ0) is 15.8. The molecule has 1 N–H and O–H groups in total. The first-order valence-corrected chi connectivity index (χ1v) is 7.51. The molecule has 21 heavy (non-hydrogen) atoms. The minimum Gasteiger partial charge on any atom is -0.383 e. The molecule has 0 fully saturated rings. The second kappa shape index (κ2) is 9.07. The maximum atomic E-state index is 13.0. The Balaban J connectivity index is 2.72. The fraction of sp³-hybridized carbons (Fsp3) is 0.688. The van der Waals surface area contributed by atoms with Crippen LogP contribution in [-0.2, 0) is 4.74 Å². The number of halogens is 1. The van der Waals surface area contributed by atoms with Crippen molar-refractivity contribution in [2.24, 2.45) is 5.92 Å². The summed E-state index contributed by atoms with van der Waals surface area (Å²) in [6.45, 7) is 9.13. The van der Waals surface area contributed by atoms with Gasteiger partial charge in [0.2, 0.25) is 0 Å². The lowest BCUT2D eigenvalue weighted by molar-refractivity contribution is 0.112. The van der Waals surface area contributed by atoms with Crippen LogP contribution in [0.15, 0.2) is 18.3 Å². The van der Waals surface area contributed by atoms with Gasteiger partial charge in [0, 0.05) is 26.2 Å². The highest BCUT2D eigenvalue weighted by Crippen LogP contribution is 2.21. The van der Waals surface area contributed by atoms with E-state index >= 15 is 0 Å². The van der Waals surface area contributed by atoms with Crippen molar-refractivity contribution in [2.45, 2.75) is 32.9 Å². The van der Waals surface area contributed by atoms with Gasteiger partial charge in [-0.1, -0.05) is 6.92 Å². The number of rotatable bonds is 9. The Labute approximate surface area is 127 Å². The van der Waals surface area contributed by atoms with Gasteiger partial charge in [-0.15, -0.1) is 0 Å². The summed E-state index contributed by atoms with van der Waals surface area (Å²) in [6.07, 6.45) is 1.28. The number of ether oxygens (including phenoxy) is 1. The van der Waals surface area contributed by atoms with Gasteiger partial charge < -0.3 is 10.1 Å². The third-order valence-electron chi connectivity index (χ3n) is 3.78. The van der Waals surface area contributed by atoms with Crippen LogP contribution in [0.5, 0.6) is 0 Å². The molecule has 1 rings (SSSR count). The van der Waals surface area contributed by atoms with Gasteiger partial charge in [-0.3, -0.25) is 9.88 Å². The number of nitrogens with one attached hydrogen (secondary N) is 1. The number of hydrogen-bond acceptors (Lipinski definition) is 4. The highest BCUT2D eigenvalue weighted by Gasteiger charge is 2.22. The Morgan fingerprint density at radius 2 is 2.05 bits per heavy atom. The van der Waals surface area contributed by atoms with Crippen LogP contribution in [0.1, 0.15) is 32.5 Å². The molecule has 5 heteroatoms. The smallest absolute Gasteiger partial charge is 0.141 e. The average molecular weight is 297 g/mol. The highest BCUT2D eigenvalue weighted by atomic mass is 19.1. The molecule has 2 unspecified atom stereocenters. The van der Waals surface area contributed by atoms with E-state index in [1.807, 2.05) is 7.05 Å². The van der Waals surface area contributed by atoms with Crippen LogP contribution in [0.2, 0.25) is 0 Å². The molecule has 0 radical (unpaired) electrons. The summed E-state index contributed by atoms with van der Waals surface area (Å²) in [5.41, 5.74) is 0.877. The van der Waals surface area contributed by atoms with Crippen molar-refractivity contribution in [2.75, 3.05) is 33.9 Å². The zero-order valence-corrected chi connectivity index (χ0v) is 13.8. The minimum absolute atomic E-state index is 0.106. The predicted octanol–water partition coefficient (Wildman–Crippen LogP) is 2.47. The van der Waals surface area contributed by atoms with Crippen molar-refractivity contribution < 1.29 is 9.13 Å². The maximum Gasteiger partial charge on any atom is 0.141 e. The molecule has 0 bridgehead atoms. The van der Waals surface area contributed by atoms with Crippen molar-refractivity contribution in [3.8, 4) is 0 Å². The average Bonchev–Trinajstić information content (AvgIpc) is 2.46. The van der Waals surface area contributed by atoms with E-state index in [1.54, 1.807) is 13.2 Å². The summed E-state index contributed by atoms with van der Waals surface area (Å²) in [7, 11) is 3.64.